The predicted molar refractivity (Wildman–Crippen MR) is 77.3 cm³/mol. The molecule has 4 nitrogen and oxygen atoms in total. The highest BCUT2D eigenvalue weighted by Crippen LogP contribution is 2.24. The molecule has 1 aromatic rings. The van der Waals surface area contributed by atoms with Crippen LogP contribution in [0.25, 0.3) is 0 Å². The molecule has 0 radical (unpaired) electrons. The van der Waals surface area contributed by atoms with Crippen molar-refractivity contribution in [2.45, 2.75) is 30.2 Å². The van der Waals surface area contributed by atoms with Crippen molar-refractivity contribution in [1.29, 1.82) is 0 Å². The molecule has 19 heavy (non-hydrogen) atoms. The molecule has 0 aliphatic carbocycles. The van der Waals surface area contributed by atoms with Crippen molar-refractivity contribution in [2.24, 2.45) is 0 Å². The molecule has 0 amide bonds. The van der Waals surface area contributed by atoms with Crippen LogP contribution in [-0.4, -0.2) is 27.5 Å². The summed E-state index contributed by atoms with van der Waals surface area (Å²) in [6.45, 7) is 1.34. The Kier molecular flexibility index (Phi) is 5.09. The maximum atomic E-state index is 12.1. The van der Waals surface area contributed by atoms with Gasteiger partial charge in [0.25, 0.3) is 0 Å². The standard InChI is InChI=1S/C12H16Cl2N2O2S/c13-11-5-4-10(7-12(11)14)19(17,18)16-8-9-3-1-2-6-15-9/h4-5,7,9,15-16H,1-3,6,8H2. The number of hydrogen-bond acceptors (Lipinski definition) is 3. The average Bonchev–Trinajstić information content (AvgIpc) is 2.41. The highest BCUT2D eigenvalue weighted by Gasteiger charge is 2.19. The first-order chi connectivity index (χ1) is 8.99. The summed E-state index contributed by atoms with van der Waals surface area (Å²) in [6, 6.07) is 4.49. The van der Waals surface area contributed by atoms with Gasteiger partial charge in [-0.05, 0) is 37.6 Å². The van der Waals surface area contributed by atoms with E-state index < -0.39 is 10.0 Å². The van der Waals surface area contributed by atoms with E-state index in [0.717, 1.165) is 25.8 Å². The van der Waals surface area contributed by atoms with Crippen LogP contribution in [0.5, 0.6) is 0 Å². The number of piperidine rings is 1. The minimum atomic E-state index is -3.53. The minimum absolute atomic E-state index is 0.137. The van der Waals surface area contributed by atoms with Gasteiger partial charge in [-0.2, -0.15) is 0 Å². The van der Waals surface area contributed by atoms with E-state index >= 15 is 0 Å². The Balaban J connectivity index is 2.02. The molecule has 7 heteroatoms. The van der Waals surface area contributed by atoms with E-state index in [4.69, 9.17) is 23.2 Å². The Hall–Kier alpha value is -0.330. The van der Waals surface area contributed by atoms with E-state index in [1.807, 2.05) is 0 Å². The SMILES string of the molecule is O=S(=O)(NCC1CCCCN1)c1ccc(Cl)c(Cl)c1. The molecule has 1 unspecified atom stereocenters. The maximum absolute atomic E-state index is 12.1. The zero-order chi connectivity index (χ0) is 13.9. The van der Waals surface area contributed by atoms with Crippen LogP contribution in [0.15, 0.2) is 23.1 Å². The fraction of sp³-hybridized carbons (Fsp3) is 0.500. The van der Waals surface area contributed by atoms with Crippen LogP contribution in [0.1, 0.15) is 19.3 Å². The first-order valence-electron chi connectivity index (χ1n) is 6.17. The molecule has 2 rings (SSSR count). The number of rotatable bonds is 4. The van der Waals surface area contributed by atoms with E-state index in [1.54, 1.807) is 0 Å². The Morgan fingerprint density at radius 2 is 2.05 bits per heavy atom. The highest BCUT2D eigenvalue weighted by atomic mass is 35.5. The van der Waals surface area contributed by atoms with Crippen molar-refractivity contribution in [3.63, 3.8) is 0 Å². The van der Waals surface area contributed by atoms with E-state index in [9.17, 15) is 8.42 Å². The molecule has 1 saturated heterocycles. The molecule has 1 fully saturated rings. The summed E-state index contributed by atoms with van der Waals surface area (Å²) in [6.07, 6.45) is 3.27. The number of benzene rings is 1. The molecule has 1 heterocycles. The summed E-state index contributed by atoms with van der Waals surface area (Å²) in [5, 5.41) is 3.87. The molecule has 1 aromatic carbocycles. The van der Waals surface area contributed by atoms with Gasteiger partial charge in [-0.3, -0.25) is 0 Å². The highest BCUT2D eigenvalue weighted by molar-refractivity contribution is 7.89. The quantitative estimate of drug-likeness (QED) is 0.895. The third-order valence-electron chi connectivity index (χ3n) is 3.13. The Bertz CT molecular complexity index is 543. The van der Waals surface area contributed by atoms with Crippen molar-refractivity contribution in [3.8, 4) is 0 Å². The van der Waals surface area contributed by atoms with Crippen LogP contribution in [-0.2, 0) is 10.0 Å². The number of halogens is 2. The van der Waals surface area contributed by atoms with Crippen LogP contribution >= 0.6 is 23.2 Å². The van der Waals surface area contributed by atoms with E-state index in [2.05, 4.69) is 10.0 Å². The number of hydrogen-bond donors (Lipinski definition) is 2. The Morgan fingerprint density at radius 1 is 1.26 bits per heavy atom. The second-order valence-corrected chi connectivity index (χ2v) is 7.16. The molecule has 2 N–H and O–H groups in total. The molecule has 0 saturated carbocycles. The second-order valence-electron chi connectivity index (χ2n) is 4.57. The molecule has 1 aliphatic heterocycles. The van der Waals surface area contributed by atoms with Gasteiger partial charge in [-0.1, -0.05) is 29.6 Å². The zero-order valence-corrected chi connectivity index (χ0v) is 12.7. The van der Waals surface area contributed by atoms with E-state index in [0.29, 0.717) is 11.6 Å². The molecule has 0 aromatic heterocycles. The number of sulfonamides is 1. The summed E-state index contributed by atoms with van der Waals surface area (Å²) in [7, 11) is -3.53. The van der Waals surface area contributed by atoms with Gasteiger partial charge in [-0.15, -0.1) is 0 Å². The molecular weight excluding hydrogens is 307 g/mol. The summed E-state index contributed by atoms with van der Waals surface area (Å²) in [5.41, 5.74) is 0. The lowest BCUT2D eigenvalue weighted by Gasteiger charge is -2.23. The van der Waals surface area contributed by atoms with Gasteiger partial charge in [0.1, 0.15) is 0 Å². The Labute approximate surface area is 123 Å². The van der Waals surface area contributed by atoms with E-state index in [1.165, 1.54) is 18.2 Å². The molecule has 0 bridgehead atoms. The van der Waals surface area contributed by atoms with Crippen molar-refractivity contribution in [1.82, 2.24) is 10.0 Å². The zero-order valence-electron chi connectivity index (χ0n) is 10.3. The number of nitrogens with one attached hydrogen (secondary N) is 2. The molecule has 0 spiro atoms. The third-order valence-corrected chi connectivity index (χ3v) is 5.29. The molecule has 1 aliphatic rings. The normalized spacial score (nSPS) is 20.4. The summed E-state index contributed by atoms with van der Waals surface area (Å²) in [4.78, 5) is 0.137. The minimum Gasteiger partial charge on any atom is -0.313 e. The van der Waals surface area contributed by atoms with Gasteiger partial charge in [-0.25, -0.2) is 13.1 Å². The van der Waals surface area contributed by atoms with Gasteiger partial charge >= 0.3 is 0 Å². The van der Waals surface area contributed by atoms with Crippen molar-refractivity contribution in [2.75, 3.05) is 13.1 Å². The van der Waals surface area contributed by atoms with Crippen LogP contribution in [0.4, 0.5) is 0 Å². The first kappa shape index (κ1) is 15.1. The van der Waals surface area contributed by atoms with Crippen LogP contribution in [0.2, 0.25) is 10.0 Å². The molecule has 106 valence electrons. The molecular formula is C12H16Cl2N2O2S. The maximum Gasteiger partial charge on any atom is 0.240 e. The van der Waals surface area contributed by atoms with Crippen LogP contribution in [0.3, 0.4) is 0 Å². The lowest BCUT2D eigenvalue weighted by molar-refractivity contribution is 0.398. The summed E-state index contributed by atoms with van der Waals surface area (Å²) < 4.78 is 26.8. The van der Waals surface area contributed by atoms with Crippen LogP contribution < -0.4 is 10.0 Å². The monoisotopic (exact) mass is 322 g/mol. The molecule has 1 atom stereocenters. The topological polar surface area (TPSA) is 58.2 Å². The lowest BCUT2D eigenvalue weighted by Crippen LogP contribution is -2.43. The lowest BCUT2D eigenvalue weighted by atomic mass is 10.1. The van der Waals surface area contributed by atoms with Crippen molar-refractivity contribution < 1.29 is 8.42 Å². The second kappa shape index (κ2) is 6.41. The average molecular weight is 323 g/mol. The first-order valence-corrected chi connectivity index (χ1v) is 8.41. The Morgan fingerprint density at radius 3 is 2.68 bits per heavy atom. The van der Waals surface area contributed by atoms with E-state index in [-0.39, 0.29) is 16.0 Å². The van der Waals surface area contributed by atoms with Crippen LogP contribution in [0, 0.1) is 0 Å². The largest absolute Gasteiger partial charge is 0.313 e. The smallest absolute Gasteiger partial charge is 0.240 e. The van der Waals surface area contributed by atoms with Gasteiger partial charge in [0, 0.05) is 12.6 Å². The van der Waals surface area contributed by atoms with Crippen molar-refractivity contribution in [3.05, 3.63) is 28.2 Å². The third kappa shape index (κ3) is 4.07. The summed E-state index contributed by atoms with van der Waals surface area (Å²) in [5.74, 6) is 0. The van der Waals surface area contributed by atoms with Gasteiger partial charge < -0.3 is 5.32 Å². The van der Waals surface area contributed by atoms with Gasteiger partial charge in [0.15, 0.2) is 0 Å². The predicted octanol–water partition coefficient (Wildman–Crippen LogP) is 2.41. The fourth-order valence-corrected chi connectivity index (χ4v) is 3.51. The van der Waals surface area contributed by atoms with Gasteiger partial charge in [0.2, 0.25) is 10.0 Å². The fourth-order valence-electron chi connectivity index (χ4n) is 2.04. The van der Waals surface area contributed by atoms with Crippen molar-refractivity contribution >= 4 is 33.2 Å². The van der Waals surface area contributed by atoms with Gasteiger partial charge in [0.05, 0.1) is 14.9 Å². The summed E-state index contributed by atoms with van der Waals surface area (Å²) >= 11 is 11.6.